The summed E-state index contributed by atoms with van der Waals surface area (Å²) in [5, 5.41) is 12.3. The summed E-state index contributed by atoms with van der Waals surface area (Å²) >= 11 is 1.59. The number of fused-ring (bicyclic) bond motifs is 1. The molecule has 1 heterocycles. The van der Waals surface area contributed by atoms with Crippen molar-refractivity contribution in [1.82, 2.24) is 10.3 Å². The Labute approximate surface area is 126 Å². The third-order valence-corrected chi connectivity index (χ3v) is 3.59. The van der Waals surface area contributed by atoms with Gasteiger partial charge < -0.3 is 19.6 Å². The van der Waals surface area contributed by atoms with Gasteiger partial charge in [-0.15, -0.1) is 0 Å². The molecule has 0 saturated heterocycles. The molecule has 0 aliphatic heterocycles. The quantitative estimate of drug-likeness (QED) is 0.807. The molecule has 1 atom stereocenters. The van der Waals surface area contributed by atoms with Gasteiger partial charge in [-0.25, -0.2) is 4.98 Å². The maximum Gasteiger partial charge on any atom is 0.249 e. The molecule has 7 heteroatoms. The van der Waals surface area contributed by atoms with E-state index in [0.29, 0.717) is 29.2 Å². The van der Waals surface area contributed by atoms with Gasteiger partial charge in [0.15, 0.2) is 5.58 Å². The standard InChI is InChI=1S/C14H18N2O4S/c1-19-9-3-4-12-10(7-9)16-13(20-12)8-15-14(18)11(17)5-6-21-2/h3-4,7,11,17H,5-6,8H2,1-2H3,(H,15,18)/t11-/m1/s1. The maximum atomic E-state index is 11.7. The van der Waals surface area contributed by atoms with Gasteiger partial charge in [0.2, 0.25) is 11.8 Å². The molecule has 0 bridgehead atoms. The SMILES string of the molecule is COc1ccc2oc(CNC(=O)[C@H](O)CCSC)nc2c1. The van der Waals surface area contributed by atoms with Crippen molar-refractivity contribution < 1.29 is 19.1 Å². The lowest BCUT2D eigenvalue weighted by molar-refractivity contribution is -0.129. The molecule has 1 amide bonds. The number of thioether (sulfide) groups is 1. The predicted molar refractivity (Wildman–Crippen MR) is 81.4 cm³/mol. The van der Waals surface area contributed by atoms with Gasteiger partial charge in [-0.3, -0.25) is 4.79 Å². The monoisotopic (exact) mass is 310 g/mol. The highest BCUT2D eigenvalue weighted by atomic mass is 32.2. The molecule has 0 spiro atoms. The van der Waals surface area contributed by atoms with Crippen molar-refractivity contribution >= 4 is 28.8 Å². The minimum Gasteiger partial charge on any atom is -0.497 e. The van der Waals surface area contributed by atoms with Crippen LogP contribution in [0.25, 0.3) is 11.1 Å². The number of rotatable bonds is 7. The topological polar surface area (TPSA) is 84.6 Å². The van der Waals surface area contributed by atoms with Gasteiger partial charge in [-0.2, -0.15) is 11.8 Å². The summed E-state index contributed by atoms with van der Waals surface area (Å²) in [5.41, 5.74) is 1.30. The molecule has 2 N–H and O–H groups in total. The molecule has 1 aromatic heterocycles. The third-order valence-electron chi connectivity index (χ3n) is 2.95. The van der Waals surface area contributed by atoms with Gasteiger partial charge in [0.05, 0.1) is 13.7 Å². The first-order valence-corrected chi connectivity index (χ1v) is 7.91. The summed E-state index contributed by atoms with van der Waals surface area (Å²) in [5.74, 6) is 1.41. The zero-order chi connectivity index (χ0) is 15.2. The molecule has 21 heavy (non-hydrogen) atoms. The lowest BCUT2D eigenvalue weighted by Gasteiger charge is -2.09. The average Bonchev–Trinajstić information content (AvgIpc) is 2.91. The molecule has 1 aromatic carbocycles. The number of benzene rings is 1. The smallest absolute Gasteiger partial charge is 0.249 e. The Morgan fingerprint density at radius 2 is 2.38 bits per heavy atom. The zero-order valence-corrected chi connectivity index (χ0v) is 12.8. The lowest BCUT2D eigenvalue weighted by atomic mass is 10.2. The maximum absolute atomic E-state index is 11.7. The van der Waals surface area contributed by atoms with Gasteiger partial charge in [0, 0.05) is 6.07 Å². The molecule has 0 aliphatic rings. The van der Waals surface area contributed by atoms with Gasteiger partial charge in [-0.1, -0.05) is 0 Å². The number of aliphatic hydroxyl groups is 1. The summed E-state index contributed by atoms with van der Waals surface area (Å²) in [6.07, 6.45) is 1.36. The van der Waals surface area contributed by atoms with Gasteiger partial charge in [0.1, 0.15) is 17.4 Å². The fourth-order valence-corrected chi connectivity index (χ4v) is 2.26. The fourth-order valence-electron chi connectivity index (χ4n) is 1.80. The molecule has 0 fully saturated rings. The minimum absolute atomic E-state index is 0.145. The van der Waals surface area contributed by atoms with Crippen LogP contribution in [0.2, 0.25) is 0 Å². The van der Waals surface area contributed by atoms with E-state index in [-0.39, 0.29) is 6.54 Å². The molecular formula is C14H18N2O4S. The normalized spacial score (nSPS) is 12.3. The number of carbonyl (C=O) groups is 1. The first-order valence-electron chi connectivity index (χ1n) is 6.52. The molecule has 114 valence electrons. The summed E-state index contributed by atoms with van der Waals surface area (Å²) < 4.78 is 10.6. The van der Waals surface area contributed by atoms with Crippen molar-refractivity contribution in [2.24, 2.45) is 0 Å². The van der Waals surface area contributed by atoms with Crippen LogP contribution in [0, 0.1) is 0 Å². The largest absolute Gasteiger partial charge is 0.497 e. The van der Waals surface area contributed by atoms with Gasteiger partial charge >= 0.3 is 0 Å². The number of hydrogen-bond acceptors (Lipinski definition) is 6. The molecule has 0 unspecified atom stereocenters. The Morgan fingerprint density at radius 3 is 3.10 bits per heavy atom. The second-order valence-electron chi connectivity index (χ2n) is 4.46. The average molecular weight is 310 g/mol. The summed E-state index contributed by atoms with van der Waals surface area (Å²) in [4.78, 5) is 15.9. The van der Waals surface area contributed by atoms with E-state index in [9.17, 15) is 9.90 Å². The highest BCUT2D eigenvalue weighted by Crippen LogP contribution is 2.21. The number of hydrogen-bond donors (Lipinski definition) is 2. The van der Waals surface area contributed by atoms with E-state index in [4.69, 9.17) is 9.15 Å². The van der Waals surface area contributed by atoms with Crippen LogP contribution in [0.1, 0.15) is 12.3 Å². The number of aliphatic hydroxyl groups excluding tert-OH is 1. The molecule has 0 saturated carbocycles. The van der Waals surface area contributed by atoms with Crippen LogP contribution in [-0.4, -0.2) is 41.2 Å². The van der Waals surface area contributed by atoms with E-state index in [1.54, 1.807) is 37.1 Å². The van der Waals surface area contributed by atoms with E-state index in [1.807, 2.05) is 6.26 Å². The highest BCUT2D eigenvalue weighted by Gasteiger charge is 2.15. The zero-order valence-electron chi connectivity index (χ0n) is 12.0. The number of methoxy groups -OCH3 is 1. The predicted octanol–water partition coefficient (Wildman–Crippen LogP) is 1.57. The number of ether oxygens (including phenoxy) is 1. The van der Waals surface area contributed by atoms with E-state index in [2.05, 4.69) is 10.3 Å². The van der Waals surface area contributed by atoms with Crippen molar-refractivity contribution in [3.63, 3.8) is 0 Å². The summed E-state index contributed by atoms with van der Waals surface area (Å²) in [6.45, 7) is 0.145. The van der Waals surface area contributed by atoms with Crippen LogP contribution in [0.15, 0.2) is 22.6 Å². The van der Waals surface area contributed by atoms with Crippen molar-refractivity contribution in [1.29, 1.82) is 0 Å². The van der Waals surface area contributed by atoms with Crippen LogP contribution < -0.4 is 10.1 Å². The third kappa shape index (κ3) is 4.12. The Morgan fingerprint density at radius 1 is 1.57 bits per heavy atom. The van der Waals surface area contributed by atoms with E-state index >= 15 is 0 Å². The van der Waals surface area contributed by atoms with E-state index in [0.717, 1.165) is 5.75 Å². The number of carbonyl (C=O) groups excluding carboxylic acids is 1. The van der Waals surface area contributed by atoms with E-state index in [1.165, 1.54) is 0 Å². The van der Waals surface area contributed by atoms with Crippen LogP contribution in [0.3, 0.4) is 0 Å². The van der Waals surface area contributed by atoms with Gasteiger partial charge in [0.25, 0.3) is 0 Å². The van der Waals surface area contributed by atoms with Crippen LogP contribution in [-0.2, 0) is 11.3 Å². The number of amides is 1. The first kappa shape index (κ1) is 15.7. The molecule has 0 radical (unpaired) electrons. The number of oxazole rings is 1. The summed E-state index contributed by atoms with van der Waals surface area (Å²) in [6, 6.07) is 5.30. The van der Waals surface area contributed by atoms with Gasteiger partial charge in [-0.05, 0) is 30.6 Å². The Balaban J connectivity index is 1.95. The van der Waals surface area contributed by atoms with Crippen molar-refractivity contribution in [2.75, 3.05) is 19.1 Å². The minimum atomic E-state index is -0.998. The molecule has 2 aromatic rings. The number of nitrogens with zero attached hydrogens (tertiary/aromatic N) is 1. The summed E-state index contributed by atoms with van der Waals surface area (Å²) in [7, 11) is 1.58. The van der Waals surface area contributed by atoms with Crippen molar-refractivity contribution in [3.05, 3.63) is 24.1 Å². The van der Waals surface area contributed by atoms with Crippen molar-refractivity contribution in [2.45, 2.75) is 19.1 Å². The second-order valence-corrected chi connectivity index (χ2v) is 5.44. The number of nitrogens with one attached hydrogen (secondary N) is 1. The lowest BCUT2D eigenvalue weighted by Crippen LogP contribution is -2.34. The number of aromatic nitrogens is 1. The molecular weight excluding hydrogens is 292 g/mol. The van der Waals surface area contributed by atoms with E-state index < -0.39 is 12.0 Å². The van der Waals surface area contributed by atoms with Crippen molar-refractivity contribution in [3.8, 4) is 5.75 Å². The molecule has 2 rings (SSSR count). The molecule has 0 aliphatic carbocycles. The Hall–Kier alpha value is -1.73. The van der Waals surface area contributed by atoms with Crippen LogP contribution in [0.5, 0.6) is 5.75 Å². The highest BCUT2D eigenvalue weighted by molar-refractivity contribution is 7.98. The molecule has 6 nitrogen and oxygen atoms in total. The Kier molecular flexibility index (Phi) is 5.46. The second kappa shape index (κ2) is 7.33. The Bertz CT molecular complexity index is 614. The van der Waals surface area contributed by atoms with Crippen LogP contribution in [0.4, 0.5) is 0 Å². The fraction of sp³-hybridized carbons (Fsp3) is 0.429. The first-order chi connectivity index (χ1) is 10.1. The van der Waals surface area contributed by atoms with Crippen LogP contribution >= 0.6 is 11.8 Å².